The van der Waals surface area contributed by atoms with Crippen molar-refractivity contribution >= 4 is 35.2 Å². The molecule has 2 N–H and O–H groups in total. The Labute approximate surface area is 138 Å². The summed E-state index contributed by atoms with van der Waals surface area (Å²) < 4.78 is 0. The van der Waals surface area contributed by atoms with Gasteiger partial charge in [0.15, 0.2) is 0 Å². The van der Waals surface area contributed by atoms with Gasteiger partial charge in [0, 0.05) is 28.9 Å². The number of pyridine rings is 1. The normalized spacial score (nSPS) is 12.3. The highest BCUT2D eigenvalue weighted by molar-refractivity contribution is 6.34. The topological polar surface area (TPSA) is 62.2 Å². The van der Waals surface area contributed by atoms with Crippen LogP contribution in [-0.4, -0.2) is 22.5 Å². The van der Waals surface area contributed by atoms with Crippen LogP contribution >= 0.6 is 23.2 Å². The van der Waals surface area contributed by atoms with Gasteiger partial charge in [-0.2, -0.15) is 0 Å². The molecule has 22 heavy (non-hydrogen) atoms. The molecule has 0 aliphatic carbocycles. The maximum Gasteiger partial charge on any atom is 0.244 e. The molecule has 0 radical (unpaired) electrons. The zero-order chi connectivity index (χ0) is 15.9. The monoisotopic (exact) mass is 336 g/mol. The molecule has 114 valence electrons. The lowest BCUT2D eigenvalue weighted by Gasteiger charge is -2.12. The molecule has 1 aromatic carbocycles. The molecule has 0 aliphatic heterocycles. The molecule has 1 heterocycles. The molecule has 2 rings (SSSR count). The zero-order valence-electron chi connectivity index (χ0n) is 11.5. The molecular weight excluding hydrogens is 323 g/mol. The molecule has 1 aromatic heterocycles. The first-order valence-corrected chi connectivity index (χ1v) is 7.31. The Kier molecular flexibility index (Phi) is 5.95. The van der Waals surface area contributed by atoms with Gasteiger partial charge in [-0.3, -0.25) is 9.78 Å². The predicted octanol–water partition coefficient (Wildman–Crippen LogP) is 3.25. The van der Waals surface area contributed by atoms with Crippen LogP contribution in [0.4, 0.5) is 0 Å². The summed E-state index contributed by atoms with van der Waals surface area (Å²) in [5, 5.41) is 13.5. The van der Waals surface area contributed by atoms with E-state index in [1.54, 1.807) is 42.6 Å². The van der Waals surface area contributed by atoms with E-state index in [2.05, 4.69) is 10.3 Å². The first-order chi connectivity index (χ1) is 10.5. The molecule has 0 bridgehead atoms. The number of halogens is 2. The Balaban J connectivity index is 1.89. The third-order valence-electron chi connectivity index (χ3n) is 2.83. The summed E-state index contributed by atoms with van der Waals surface area (Å²) in [6.45, 7) is 0.0576. The van der Waals surface area contributed by atoms with E-state index in [4.69, 9.17) is 23.2 Å². The van der Waals surface area contributed by atoms with Gasteiger partial charge in [0.2, 0.25) is 5.91 Å². The number of carbonyl (C=O) groups is 1. The highest BCUT2D eigenvalue weighted by Crippen LogP contribution is 2.23. The van der Waals surface area contributed by atoms with Crippen molar-refractivity contribution in [2.45, 2.75) is 6.10 Å². The number of amides is 1. The van der Waals surface area contributed by atoms with Gasteiger partial charge in [0.05, 0.1) is 11.8 Å². The van der Waals surface area contributed by atoms with Gasteiger partial charge in [-0.25, -0.2) is 0 Å². The Morgan fingerprint density at radius 2 is 2.00 bits per heavy atom. The summed E-state index contributed by atoms with van der Waals surface area (Å²) in [6.07, 6.45) is 3.71. The number of aromatic nitrogens is 1. The van der Waals surface area contributed by atoms with E-state index >= 15 is 0 Å². The Morgan fingerprint density at radius 3 is 2.64 bits per heavy atom. The lowest BCUT2D eigenvalue weighted by atomic mass is 10.1. The Bertz CT molecular complexity index is 655. The minimum absolute atomic E-state index is 0.0576. The first-order valence-electron chi connectivity index (χ1n) is 6.55. The number of hydrogen-bond acceptors (Lipinski definition) is 3. The van der Waals surface area contributed by atoms with Gasteiger partial charge in [-0.15, -0.1) is 0 Å². The number of aliphatic hydroxyl groups excluding tert-OH is 1. The number of aliphatic hydroxyl groups is 1. The lowest BCUT2D eigenvalue weighted by Crippen LogP contribution is -2.26. The van der Waals surface area contributed by atoms with Gasteiger partial charge in [0.1, 0.15) is 0 Å². The minimum Gasteiger partial charge on any atom is -0.387 e. The van der Waals surface area contributed by atoms with Crippen LogP contribution in [0.1, 0.15) is 17.4 Å². The summed E-state index contributed by atoms with van der Waals surface area (Å²) in [4.78, 5) is 15.8. The average Bonchev–Trinajstić information content (AvgIpc) is 2.50. The van der Waals surface area contributed by atoms with Gasteiger partial charge in [0.25, 0.3) is 0 Å². The van der Waals surface area contributed by atoms with Crippen molar-refractivity contribution in [3.63, 3.8) is 0 Å². The molecule has 0 aliphatic rings. The van der Waals surface area contributed by atoms with Crippen LogP contribution in [-0.2, 0) is 4.79 Å². The molecule has 0 saturated heterocycles. The molecule has 1 amide bonds. The van der Waals surface area contributed by atoms with Crippen molar-refractivity contribution in [3.05, 3.63) is 70.0 Å². The minimum atomic E-state index is -0.886. The van der Waals surface area contributed by atoms with Crippen LogP contribution in [0.3, 0.4) is 0 Å². The fraction of sp³-hybridized carbons (Fsp3) is 0.125. The number of nitrogens with one attached hydrogen (secondary N) is 1. The van der Waals surface area contributed by atoms with E-state index < -0.39 is 6.10 Å². The summed E-state index contributed by atoms with van der Waals surface area (Å²) in [6, 6.07) is 10.2. The van der Waals surface area contributed by atoms with Gasteiger partial charge in [-0.1, -0.05) is 29.3 Å². The van der Waals surface area contributed by atoms with Crippen LogP contribution in [0.25, 0.3) is 6.08 Å². The third kappa shape index (κ3) is 5.15. The highest BCUT2D eigenvalue weighted by atomic mass is 35.5. The van der Waals surface area contributed by atoms with E-state index in [1.807, 2.05) is 6.07 Å². The molecule has 1 atom stereocenters. The number of rotatable bonds is 5. The third-order valence-corrected chi connectivity index (χ3v) is 3.27. The van der Waals surface area contributed by atoms with E-state index in [-0.39, 0.29) is 12.5 Å². The Morgan fingerprint density at radius 1 is 1.27 bits per heavy atom. The quantitative estimate of drug-likeness (QED) is 0.824. The maximum atomic E-state index is 11.7. The maximum absolute atomic E-state index is 11.7. The van der Waals surface area contributed by atoms with Crippen LogP contribution in [0.15, 0.2) is 48.7 Å². The van der Waals surface area contributed by atoms with E-state index in [9.17, 15) is 9.90 Å². The standard InChI is InChI=1S/C16H14Cl2N2O2/c17-12-7-11(8-13(18)9-12)15(21)10-20-16(22)5-4-14-3-1-2-6-19-14/h1-9,15,21H,10H2,(H,20,22)/b5-4+. The van der Waals surface area contributed by atoms with Gasteiger partial charge in [-0.05, 0) is 42.0 Å². The highest BCUT2D eigenvalue weighted by Gasteiger charge is 2.10. The van der Waals surface area contributed by atoms with Crippen molar-refractivity contribution in [2.75, 3.05) is 6.54 Å². The predicted molar refractivity (Wildman–Crippen MR) is 87.7 cm³/mol. The van der Waals surface area contributed by atoms with Crippen LogP contribution in [0.2, 0.25) is 10.0 Å². The van der Waals surface area contributed by atoms with Gasteiger partial charge >= 0.3 is 0 Å². The molecule has 0 spiro atoms. The number of nitrogens with zero attached hydrogens (tertiary/aromatic N) is 1. The van der Waals surface area contributed by atoms with Crippen LogP contribution < -0.4 is 5.32 Å². The van der Waals surface area contributed by atoms with E-state index in [0.29, 0.717) is 21.3 Å². The molecule has 0 fully saturated rings. The number of carbonyl (C=O) groups excluding carboxylic acids is 1. The molecule has 6 heteroatoms. The summed E-state index contributed by atoms with van der Waals surface area (Å²) >= 11 is 11.7. The summed E-state index contributed by atoms with van der Waals surface area (Å²) in [5.41, 5.74) is 1.23. The second-order valence-electron chi connectivity index (χ2n) is 4.55. The van der Waals surface area contributed by atoms with Crippen molar-refractivity contribution in [1.82, 2.24) is 10.3 Å². The largest absolute Gasteiger partial charge is 0.387 e. The van der Waals surface area contributed by atoms with Crippen molar-refractivity contribution < 1.29 is 9.90 Å². The van der Waals surface area contributed by atoms with Gasteiger partial charge < -0.3 is 10.4 Å². The van der Waals surface area contributed by atoms with Crippen LogP contribution in [0.5, 0.6) is 0 Å². The Hall–Kier alpha value is -1.88. The summed E-state index contributed by atoms with van der Waals surface area (Å²) in [5.74, 6) is -0.321. The molecule has 4 nitrogen and oxygen atoms in total. The zero-order valence-corrected chi connectivity index (χ0v) is 13.1. The van der Waals surface area contributed by atoms with Crippen molar-refractivity contribution in [3.8, 4) is 0 Å². The number of hydrogen-bond donors (Lipinski definition) is 2. The van der Waals surface area contributed by atoms with Crippen molar-refractivity contribution in [2.24, 2.45) is 0 Å². The smallest absolute Gasteiger partial charge is 0.244 e. The summed E-state index contributed by atoms with van der Waals surface area (Å²) in [7, 11) is 0. The number of benzene rings is 1. The molecular formula is C16H14Cl2N2O2. The fourth-order valence-corrected chi connectivity index (χ4v) is 2.32. The van der Waals surface area contributed by atoms with Crippen LogP contribution in [0, 0.1) is 0 Å². The van der Waals surface area contributed by atoms with Crippen molar-refractivity contribution in [1.29, 1.82) is 0 Å². The average molecular weight is 337 g/mol. The molecule has 0 saturated carbocycles. The van der Waals surface area contributed by atoms with E-state index in [1.165, 1.54) is 6.08 Å². The van der Waals surface area contributed by atoms with E-state index in [0.717, 1.165) is 0 Å². The lowest BCUT2D eigenvalue weighted by molar-refractivity contribution is -0.116. The SMILES string of the molecule is O=C(/C=C/c1ccccn1)NCC(O)c1cc(Cl)cc(Cl)c1. The second-order valence-corrected chi connectivity index (χ2v) is 5.42. The second kappa shape index (κ2) is 7.94. The molecule has 1 unspecified atom stereocenters. The molecule has 2 aromatic rings. The first kappa shape index (κ1) is 16.5. The fourth-order valence-electron chi connectivity index (χ4n) is 1.78.